The van der Waals surface area contributed by atoms with Crippen molar-refractivity contribution >= 4 is 0 Å². The van der Waals surface area contributed by atoms with Gasteiger partial charge in [0.05, 0.1) is 25.0 Å². The van der Waals surface area contributed by atoms with E-state index in [2.05, 4.69) is 15.3 Å². The molecule has 0 amide bonds. The third-order valence-electron chi connectivity index (χ3n) is 3.78. The molecule has 1 aromatic carbocycles. The molecule has 0 saturated heterocycles. The SMILES string of the molecule is CC(Oc1ccc(CO)cc1)c1cn(CC(O)c2ccccn2)nn1. The first-order valence-corrected chi connectivity index (χ1v) is 8.01. The number of rotatable bonds is 7. The molecule has 0 aliphatic heterocycles. The summed E-state index contributed by atoms with van der Waals surface area (Å²) < 4.78 is 7.40. The number of pyridine rings is 1. The summed E-state index contributed by atoms with van der Waals surface area (Å²) in [5, 5.41) is 27.4. The highest BCUT2D eigenvalue weighted by atomic mass is 16.5. The van der Waals surface area contributed by atoms with Crippen molar-refractivity contribution in [3.05, 3.63) is 71.8 Å². The number of hydrogen-bond donors (Lipinski definition) is 2. The third kappa shape index (κ3) is 4.40. The lowest BCUT2D eigenvalue weighted by molar-refractivity contribution is 0.146. The van der Waals surface area contributed by atoms with E-state index in [1.54, 1.807) is 41.3 Å². The monoisotopic (exact) mass is 340 g/mol. The summed E-state index contributed by atoms with van der Waals surface area (Å²) in [4.78, 5) is 4.13. The molecular formula is C18H20N4O3. The Morgan fingerprint density at radius 3 is 2.60 bits per heavy atom. The normalized spacial score (nSPS) is 13.4. The van der Waals surface area contributed by atoms with Gasteiger partial charge in [-0.25, -0.2) is 4.68 Å². The summed E-state index contributed by atoms with van der Waals surface area (Å²) >= 11 is 0. The molecule has 130 valence electrons. The van der Waals surface area contributed by atoms with E-state index in [0.717, 1.165) is 5.56 Å². The van der Waals surface area contributed by atoms with E-state index < -0.39 is 6.10 Å². The minimum Gasteiger partial charge on any atom is -0.484 e. The van der Waals surface area contributed by atoms with Crippen LogP contribution in [0.4, 0.5) is 0 Å². The Hall–Kier alpha value is -2.77. The van der Waals surface area contributed by atoms with Gasteiger partial charge in [-0.15, -0.1) is 5.10 Å². The first-order chi connectivity index (χ1) is 12.2. The highest BCUT2D eigenvalue weighted by molar-refractivity contribution is 5.27. The van der Waals surface area contributed by atoms with Crippen LogP contribution in [0.15, 0.2) is 54.9 Å². The molecule has 3 aromatic rings. The second kappa shape index (κ2) is 7.87. The molecule has 2 atom stereocenters. The van der Waals surface area contributed by atoms with Gasteiger partial charge in [-0.05, 0) is 36.8 Å². The Bertz CT molecular complexity index is 790. The maximum Gasteiger partial charge on any atom is 0.141 e. The zero-order chi connectivity index (χ0) is 17.6. The zero-order valence-electron chi connectivity index (χ0n) is 13.9. The number of benzene rings is 1. The fourth-order valence-electron chi connectivity index (χ4n) is 2.37. The summed E-state index contributed by atoms with van der Waals surface area (Å²) in [5.74, 6) is 0.688. The fourth-order valence-corrected chi connectivity index (χ4v) is 2.37. The molecule has 0 aliphatic carbocycles. The molecule has 3 rings (SSSR count). The standard InChI is InChI=1S/C18H20N4O3/c1-13(25-15-7-5-14(12-23)6-8-15)17-10-22(21-20-17)11-18(24)16-4-2-3-9-19-16/h2-10,13,18,23-24H,11-12H2,1H3. The third-order valence-corrected chi connectivity index (χ3v) is 3.78. The number of nitrogens with zero attached hydrogens (tertiary/aromatic N) is 4. The van der Waals surface area contributed by atoms with Crippen LogP contribution in [-0.4, -0.2) is 30.2 Å². The Labute approximate surface area is 145 Å². The molecule has 0 radical (unpaired) electrons. The van der Waals surface area contributed by atoms with E-state index >= 15 is 0 Å². The van der Waals surface area contributed by atoms with E-state index in [1.807, 2.05) is 25.1 Å². The Kier molecular flexibility index (Phi) is 5.37. The molecule has 2 aromatic heterocycles. The van der Waals surface area contributed by atoms with Crippen molar-refractivity contribution in [2.75, 3.05) is 0 Å². The number of ether oxygens (including phenoxy) is 1. The van der Waals surface area contributed by atoms with Gasteiger partial charge in [0.1, 0.15) is 23.7 Å². The van der Waals surface area contributed by atoms with E-state index in [-0.39, 0.29) is 19.3 Å². The molecule has 2 heterocycles. The van der Waals surface area contributed by atoms with Crippen LogP contribution in [0.3, 0.4) is 0 Å². The van der Waals surface area contributed by atoms with Crippen molar-refractivity contribution in [1.29, 1.82) is 0 Å². The van der Waals surface area contributed by atoms with E-state index in [9.17, 15) is 5.11 Å². The average molecular weight is 340 g/mol. The van der Waals surface area contributed by atoms with Crippen molar-refractivity contribution in [2.45, 2.75) is 32.3 Å². The van der Waals surface area contributed by atoms with Crippen molar-refractivity contribution in [2.24, 2.45) is 0 Å². The van der Waals surface area contributed by atoms with Crippen LogP contribution in [0.25, 0.3) is 0 Å². The molecule has 0 saturated carbocycles. The molecule has 0 fully saturated rings. The second-order valence-electron chi connectivity index (χ2n) is 5.70. The van der Waals surface area contributed by atoms with Gasteiger partial charge in [0, 0.05) is 6.20 Å². The van der Waals surface area contributed by atoms with Crippen LogP contribution in [0.1, 0.15) is 36.1 Å². The molecular weight excluding hydrogens is 320 g/mol. The fraction of sp³-hybridized carbons (Fsp3) is 0.278. The van der Waals surface area contributed by atoms with Gasteiger partial charge in [-0.2, -0.15) is 0 Å². The van der Waals surface area contributed by atoms with Gasteiger partial charge in [0.2, 0.25) is 0 Å². The van der Waals surface area contributed by atoms with Crippen molar-refractivity contribution in [3.8, 4) is 5.75 Å². The van der Waals surface area contributed by atoms with Gasteiger partial charge < -0.3 is 14.9 Å². The molecule has 0 spiro atoms. The zero-order valence-corrected chi connectivity index (χ0v) is 13.9. The number of aliphatic hydroxyl groups excluding tert-OH is 2. The van der Waals surface area contributed by atoms with E-state index in [0.29, 0.717) is 17.1 Å². The lowest BCUT2D eigenvalue weighted by Gasteiger charge is -2.12. The Morgan fingerprint density at radius 2 is 1.92 bits per heavy atom. The average Bonchev–Trinajstić information content (AvgIpc) is 3.12. The van der Waals surface area contributed by atoms with Gasteiger partial charge in [-0.3, -0.25) is 4.98 Å². The van der Waals surface area contributed by atoms with Crippen LogP contribution in [0.2, 0.25) is 0 Å². The van der Waals surface area contributed by atoms with Crippen LogP contribution in [-0.2, 0) is 13.2 Å². The Morgan fingerprint density at radius 1 is 1.12 bits per heavy atom. The quantitative estimate of drug-likeness (QED) is 0.684. The van der Waals surface area contributed by atoms with E-state index in [4.69, 9.17) is 9.84 Å². The van der Waals surface area contributed by atoms with Gasteiger partial charge >= 0.3 is 0 Å². The predicted molar refractivity (Wildman–Crippen MR) is 90.6 cm³/mol. The molecule has 0 aliphatic rings. The second-order valence-corrected chi connectivity index (χ2v) is 5.70. The number of aliphatic hydroxyl groups is 2. The van der Waals surface area contributed by atoms with Gasteiger partial charge in [0.25, 0.3) is 0 Å². The summed E-state index contributed by atoms with van der Waals surface area (Å²) in [5.41, 5.74) is 2.08. The largest absolute Gasteiger partial charge is 0.484 e. The smallest absolute Gasteiger partial charge is 0.141 e. The number of hydrogen-bond acceptors (Lipinski definition) is 6. The number of aromatic nitrogens is 4. The molecule has 7 nitrogen and oxygen atoms in total. The Balaban J connectivity index is 1.61. The highest BCUT2D eigenvalue weighted by Crippen LogP contribution is 2.21. The topological polar surface area (TPSA) is 93.3 Å². The molecule has 2 N–H and O–H groups in total. The minimum atomic E-state index is -0.752. The summed E-state index contributed by atoms with van der Waals surface area (Å²) in [6.45, 7) is 2.15. The van der Waals surface area contributed by atoms with Crippen LogP contribution < -0.4 is 4.74 Å². The van der Waals surface area contributed by atoms with Crippen LogP contribution in [0.5, 0.6) is 5.75 Å². The first-order valence-electron chi connectivity index (χ1n) is 8.01. The minimum absolute atomic E-state index is 0.00274. The van der Waals surface area contributed by atoms with Crippen molar-refractivity contribution in [1.82, 2.24) is 20.0 Å². The molecule has 0 bridgehead atoms. The lowest BCUT2D eigenvalue weighted by Crippen LogP contribution is -2.10. The molecule has 7 heteroatoms. The molecule has 2 unspecified atom stereocenters. The maximum absolute atomic E-state index is 10.2. The van der Waals surface area contributed by atoms with Gasteiger partial charge in [-0.1, -0.05) is 23.4 Å². The summed E-state index contributed by atoms with van der Waals surface area (Å²) in [6.07, 6.45) is 2.35. The van der Waals surface area contributed by atoms with Crippen molar-refractivity contribution in [3.63, 3.8) is 0 Å². The first kappa shape index (κ1) is 17.1. The maximum atomic E-state index is 10.2. The van der Waals surface area contributed by atoms with Crippen molar-refractivity contribution < 1.29 is 14.9 Å². The predicted octanol–water partition coefficient (Wildman–Crippen LogP) is 2.04. The lowest BCUT2D eigenvalue weighted by atomic mass is 10.2. The summed E-state index contributed by atoms with van der Waals surface area (Å²) in [7, 11) is 0. The van der Waals surface area contributed by atoms with E-state index in [1.165, 1.54) is 0 Å². The molecule has 25 heavy (non-hydrogen) atoms. The summed E-state index contributed by atoms with van der Waals surface area (Å²) in [6, 6.07) is 12.6. The highest BCUT2D eigenvalue weighted by Gasteiger charge is 2.15. The van der Waals surface area contributed by atoms with Gasteiger partial charge in [0.15, 0.2) is 0 Å². The van der Waals surface area contributed by atoms with Crippen LogP contribution in [0, 0.1) is 0 Å². The van der Waals surface area contributed by atoms with Crippen LogP contribution >= 0.6 is 0 Å².